The summed E-state index contributed by atoms with van der Waals surface area (Å²) >= 11 is 1.55. The van der Waals surface area contributed by atoms with Crippen LogP contribution in [0.2, 0.25) is 0 Å². The minimum Gasteiger partial charge on any atom is -0.469 e. The van der Waals surface area contributed by atoms with Gasteiger partial charge in [0, 0.05) is 30.7 Å². The maximum Gasteiger partial charge on any atom is 0.305 e. The second kappa shape index (κ2) is 7.78. The first-order valence-corrected chi connectivity index (χ1v) is 7.81. The molecule has 0 radical (unpaired) electrons. The number of fused-ring (bicyclic) bond motifs is 1. The van der Waals surface area contributed by atoms with Gasteiger partial charge in [-0.05, 0) is 12.8 Å². The van der Waals surface area contributed by atoms with Gasteiger partial charge in [-0.25, -0.2) is 4.98 Å². The first-order valence-electron chi connectivity index (χ1n) is 6.93. The monoisotopic (exact) mass is 309 g/mol. The Morgan fingerprint density at radius 1 is 1.38 bits per heavy atom. The molecule has 0 atom stereocenters. The number of methoxy groups -OCH3 is 1. The third kappa shape index (κ3) is 4.86. The van der Waals surface area contributed by atoms with Gasteiger partial charge in [0.25, 0.3) is 0 Å². The maximum absolute atomic E-state index is 11.8. The van der Waals surface area contributed by atoms with Gasteiger partial charge in [-0.2, -0.15) is 0 Å². The zero-order chi connectivity index (χ0) is 15.1. The van der Waals surface area contributed by atoms with Gasteiger partial charge in [-0.15, -0.1) is 11.3 Å². The number of carbonyl (C=O) groups excluding carboxylic acids is 2. The second-order valence-corrected chi connectivity index (χ2v) is 5.61. The number of unbranched alkanes of at least 4 members (excludes halogenated alkanes) is 2. The Balaban J connectivity index is 1.59. The molecule has 6 nitrogen and oxygen atoms in total. The minimum absolute atomic E-state index is 0.0197. The van der Waals surface area contributed by atoms with E-state index in [0.29, 0.717) is 19.4 Å². The summed E-state index contributed by atoms with van der Waals surface area (Å²) in [6, 6.07) is 0. The third-order valence-electron chi connectivity index (χ3n) is 3.09. The lowest BCUT2D eigenvalue weighted by molar-refractivity contribution is -0.140. The number of thiazole rings is 1. The van der Waals surface area contributed by atoms with Gasteiger partial charge in [0.15, 0.2) is 4.96 Å². The Morgan fingerprint density at radius 2 is 2.24 bits per heavy atom. The normalized spacial score (nSPS) is 10.7. The van der Waals surface area contributed by atoms with Gasteiger partial charge >= 0.3 is 5.97 Å². The van der Waals surface area contributed by atoms with E-state index in [0.717, 1.165) is 29.9 Å². The molecule has 21 heavy (non-hydrogen) atoms. The molecule has 1 amide bonds. The predicted octanol–water partition coefficient (Wildman–Crippen LogP) is 1.79. The molecule has 2 aromatic heterocycles. The molecule has 114 valence electrons. The summed E-state index contributed by atoms with van der Waals surface area (Å²) in [7, 11) is 1.39. The van der Waals surface area contributed by atoms with E-state index in [4.69, 9.17) is 0 Å². The van der Waals surface area contributed by atoms with Crippen LogP contribution in [0.4, 0.5) is 0 Å². The highest BCUT2D eigenvalue weighted by Gasteiger charge is 2.07. The molecule has 2 heterocycles. The number of imidazole rings is 1. The standard InChI is InChI=1S/C14H19N3O3S/c1-20-13(19)5-3-2-4-6-15-12(18)9-11-10-17-7-8-21-14(17)16-11/h7-8,10H,2-6,9H2,1H3,(H,15,18). The summed E-state index contributed by atoms with van der Waals surface area (Å²) < 4.78 is 6.48. The summed E-state index contributed by atoms with van der Waals surface area (Å²) in [5.41, 5.74) is 0.782. The smallest absolute Gasteiger partial charge is 0.305 e. The Labute approximate surface area is 127 Å². The van der Waals surface area contributed by atoms with E-state index >= 15 is 0 Å². The Hall–Kier alpha value is -1.89. The number of nitrogens with zero attached hydrogens (tertiary/aromatic N) is 2. The Bertz CT molecular complexity index is 577. The highest BCUT2D eigenvalue weighted by Crippen LogP contribution is 2.11. The number of carbonyl (C=O) groups is 2. The van der Waals surface area contributed by atoms with E-state index in [1.54, 1.807) is 11.3 Å². The molecule has 0 bridgehead atoms. The number of hydrogen-bond acceptors (Lipinski definition) is 5. The third-order valence-corrected chi connectivity index (χ3v) is 3.86. The molecule has 0 spiro atoms. The fraction of sp³-hybridized carbons (Fsp3) is 0.500. The first-order chi connectivity index (χ1) is 10.2. The Kier molecular flexibility index (Phi) is 5.74. The van der Waals surface area contributed by atoms with E-state index in [2.05, 4.69) is 15.0 Å². The average molecular weight is 309 g/mol. The average Bonchev–Trinajstić information content (AvgIpc) is 3.03. The molecular formula is C14H19N3O3S. The van der Waals surface area contributed by atoms with Crippen molar-refractivity contribution >= 4 is 28.2 Å². The fourth-order valence-electron chi connectivity index (χ4n) is 1.99. The highest BCUT2D eigenvalue weighted by molar-refractivity contribution is 7.15. The van der Waals surface area contributed by atoms with Gasteiger partial charge < -0.3 is 10.1 Å². The van der Waals surface area contributed by atoms with Gasteiger partial charge in [0.05, 0.1) is 19.2 Å². The number of nitrogens with one attached hydrogen (secondary N) is 1. The van der Waals surface area contributed by atoms with Crippen LogP contribution in [0.15, 0.2) is 17.8 Å². The van der Waals surface area contributed by atoms with Gasteiger partial charge in [-0.3, -0.25) is 14.0 Å². The summed E-state index contributed by atoms with van der Waals surface area (Å²) in [6.07, 6.45) is 7.10. The van der Waals surface area contributed by atoms with Crippen molar-refractivity contribution in [3.05, 3.63) is 23.5 Å². The van der Waals surface area contributed by atoms with Crippen molar-refractivity contribution in [3.63, 3.8) is 0 Å². The largest absolute Gasteiger partial charge is 0.469 e. The summed E-state index contributed by atoms with van der Waals surface area (Å²) in [4.78, 5) is 27.9. The van der Waals surface area contributed by atoms with E-state index in [1.807, 2.05) is 22.2 Å². The van der Waals surface area contributed by atoms with Crippen LogP contribution in [0, 0.1) is 0 Å². The molecule has 1 N–H and O–H groups in total. The number of ether oxygens (including phenoxy) is 1. The quantitative estimate of drug-likeness (QED) is 0.596. The molecule has 2 rings (SSSR count). The summed E-state index contributed by atoms with van der Waals surface area (Å²) in [6.45, 7) is 0.627. The zero-order valence-electron chi connectivity index (χ0n) is 12.0. The van der Waals surface area contributed by atoms with Crippen LogP contribution in [0.1, 0.15) is 31.4 Å². The van der Waals surface area contributed by atoms with Gasteiger partial charge in [-0.1, -0.05) is 6.42 Å². The minimum atomic E-state index is -0.182. The number of aromatic nitrogens is 2. The van der Waals surface area contributed by atoms with Crippen molar-refractivity contribution in [2.45, 2.75) is 32.1 Å². The van der Waals surface area contributed by atoms with E-state index in [9.17, 15) is 9.59 Å². The fourth-order valence-corrected chi connectivity index (χ4v) is 2.71. The molecule has 7 heteroatoms. The van der Waals surface area contributed by atoms with Crippen LogP contribution in [-0.2, 0) is 20.7 Å². The van der Waals surface area contributed by atoms with Crippen molar-refractivity contribution in [2.75, 3.05) is 13.7 Å². The number of rotatable bonds is 8. The highest BCUT2D eigenvalue weighted by atomic mass is 32.1. The van der Waals surface area contributed by atoms with Gasteiger partial charge in [0.2, 0.25) is 5.91 Å². The molecule has 2 aromatic rings. The van der Waals surface area contributed by atoms with Crippen LogP contribution >= 0.6 is 11.3 Å². The SMILES string of the molecule is COC(=O)CCCCCNC(=O)Cc1cn2ccsc2n1. The maximum atomic E-state index is 11.8. The molecular weight excluding hydrogens is 290 g/mol. The predicted molar refractivity (Wildman–Crippen MR) is 80.3 cm³/mol. The summed E-state index contributed by atoms with van der Waals surface area (Å²) in [5.74, 6) is -0.201. The van der Waals surface area contributed by atoms with Crippen LogP contribution in [0.5, 0.6) is 0 Å². The van der Waals surface area contributed by atoms with Crippen molar-refractivity contribution < 1.29 is 14.3 Å². The van der Waals surface area contributed by atoms with Crippen LogP contribution in [-0.4, -0.2) is 34.9 Å². The summed E-state index contributed by atoms with van der Waals surface area (Å²) in [5, 5.41) is 4.83. The van der Waals surface area contributed by atoms with E-state index in [1.165, 1.54) is 7.11 Å². The van der Waals surface area contributed by atoms with Crippen molar-refractivity contribution in [1.82, 2.24) is 14.7 Å². The molecule has 0 saturated carbocycles. The van der Waals surface area contributed by atoms with Gasteiger partial charge in [0.1, 0.15) is 0 Å². The van der Waals surface area contributed by atoms with Crippen LogP contribution in [0.25, 0.3) is 4.96 Å². The molecule has 0 unspecified atom stereocenters. The Morgan fingerprint density at radius 3 is 3.00 bits per heavy atom. The van der Waals surface area contributed by atoms with Crippen molar-refractivity contribution in [1.29, 1.82) is 0 Å². The topological polar surface area (TPSA) is 72.7 Å². The molecule has 0 aliphatic rings. The van der Waals surface area contributed by atoms with Crippen LogP contribution < -0.4 is 5.32 Å². The van der Waals surface area contributed by atoms with Crippen molar-refractivity contribution in [3.8, 4) is 0 Å². The molecule has 0 aromatic carbocycles. The van der Waals surface area contributed by atoms with E-state index < -0.39 is 0 Å². The lowest BCUT2D eigenvalue weighted by atomic mass is 10.2. The molecule has 0 fully saturated rings. The molecule has 0 saturated heterocycles. The lowest BCUT2D eigenvalue weighted by Crippen LogP contribution is -2.26. The second-order valence-electron chi connectivity index (χ2n) is 4.74. The number of amides is 1. The van der Waals surface area contributed by atoms with Crippen molar-refractivity contribution in [2.24, 2.45) is 0 Å². The first kappa shape index (κ1) is 15.5. The van der Waals surface area contributed by atoms with E-state index in [-0.39, 0.29) is 11.9 Å². The molecule has 0 aliphatic heterocycles. The molecule has 0 aliphatic carbocycles. The zero-order valence-corrected chi connectivity index (χ0v) is 12.8. The number of hydrogen-bond donors (Lipinski definition) is 1. The van der Waals surface area contributed by atoms with Crippen LogP contribution in [0.3, 0.4) is 0 Å². The lowest BCUT2D eigenvalue weighted by Gasteiger charge is -2.03. The number of esters is 1.